The molecule has 0 aromatic carbocycles. The maximum atomic E-state index is 12.6. The molecular weight excluding hydrogens is 272 g/mol. The molecule has 7 nitrogen and oxygen atoms in total. The Labute approximate surface area is 122 Å². The molecule has 2 aliphatic rings. The van der Waals surface area contributed by atoms with Crippen molar-refractivity contribution in [1.29, 1.82) is 0 Å². The highest BCUT2D eigenvalue weighted by molar-refractivity contribution is 6.19. The van der Waals surface area contributed by atoms with Gasteiger partial charge >= 0.3 is 6.03 Å². The third-order valence-electron chi connectivity index (χ3n) is 4.37. The van der Waals surface area contributed by atoms with E-state index in [2.05, 4.69) is 10.4 Å². The molecule has 1 aromatic rings. The van der Waals surface area contributed by atoms with Gasteiger partial charge in [0.2, 0.25) is 11.8 Å². The molecule has 3 rings (SSSR count). The van der Waals surface area contributed by atoms with Gasteiger partial charge in [-0.25, -0.2) is 4.79 Å². The smallest absolute Gasteiger partial charge is 0.277 e. The van der Waals surface area contributed by atoms with Crippen molar-refractivity contribution in [3.05, 3.63) is 18.0 Å². The number of aryl methyl sites for hydroxylation is 1. The van der Waals surface area contributed by atoms with Gasteiger partial charge in [-0.2, -0.15) is 5.10 Å². The Morgan fingerprint density at radius 2 is 2.00 bits per heavy atom. The zero-order valence-electron chi connectivity index (χ0n) is 12.0. The normalized spacial score (nSPS) is 21.2. The molecule has 1 aromatic heterocycles. The number of barbiturate groups is 1. The Balaban J connectivity index is 1.75. The van der Waals surface area contributed by atoms with Gasteiger partial charge in [-0.05, 0) is 18.9 Å². The lowest BCUT2D eigenvalue weighted by Gasteiger charge is -2.36. The summed E-state index contributed by atoms with van der Waals surface area (Å²) in [6.45, 7) is 0.247. The fraction of sp³-hybridized carbons (Fsp3) is 0.571. The average Bonchev–Trinajstić information content (AvgIpc) is 3.07. The van der Waals surface area contributed by atoms with E-state index in [1.54, 1.807) is 4.68 Å². The maximum Gasteiger partial charge on any atom is 0.330 e. The quantitative estimate of drug-likeness (QED) is 0.826. The van der Waals surface area contributed by atoms with E-state index in [9.17, 15) is 14.4 Å². The van der Waals surface area contributed by atoms with Gasteiger partial charge in [0.1, 0.15) is 5.41 Å². The predicted molar refractivity (Wildman–Crippen MR) is 73.1 cm³/mol. The van der Waals surface area contributed by atoms with Gasteiger partial charge in [-0.15, -0.1) is 0 Å². The van der Waals surface area contributed by atoms with Crippen LogP contribution < -0.4 is 5.32 Å². The van der Waals surface area contributed by atoms with E-state index in [1.807, 2.05) is 19.3 Å². The topological polar surface area (TPSA) is 84.3 Å². The number of urea groups is 1. The molecule has 0 atom stereocenters. The molecule has 0 unspecified atom stereocenters. The van der Waals surface area contributed by atoms with Crippen LogP contribution in [0.4, 0.5) is 4.79 Å². The SMILES string of the molecule is Cn1ccc(CCN2C(=O)NC(=O)C3(CCCC3)C2=O)n1. The van der Waals surface area contributed by atoms with Crippen LogP contribution in [-0.4, -0.2) is 39.1 Å². The van der Waals surface area contributed by atoms with Crippen molar-refractivity contribution in [3.63, 3.8) is 0 Å². The maximum absolute atomic E-state index is 12.6. The summed E-state index contributed by atoms with van der Waals surface area (Å²) in [7, 11) is 1.81. The van der Waals surface area contributed by atoms with Gasteiger partial charge in [-0.1, -0.05) is 12.8 Å². The molecule has 1 N–H and O–H groups in total. The summed E-state index contributed by atoms with van der Waals surface area (Å²) in [5.74, 6) is -0.770. The van der Waals surface area contributed by atoms with Crippen LogP contribution in [0.25, 0.3) is 0 Å². The van der Waals surface area contributed by atoms with Crippen molar-refractivity contribution in [2.75, 3.05) is 6.54 Å². The van der Waals surface area contributed by atoms with Crippen LogP contribution in [0.15, 0.2) is 12.3 Å². The van der Waals surface area contributed by atoms with Gasteiger partial charge in [-0.3, -0.25) is 24.5 Å². The molecule has 21 heavy (non-hydrogen) atoms. The summed E-state index contributed by atoms with van der Waals surface area (Å²) in [5, 5.41) is 6.56. The number of carbonyl (C=O) groups excluding carboxylic acids is 3. The van der Waals surface area contributed by atoms with Crippen molar-refractivity contribution in [2.45, 2.75) is 32.1 Å². The number of imide groups is 2. The lowest BCUT2D eigenvalue weighted by Crippen LogP contribution is -2.63. The van der Waals surface area contributed by atoms with Gasteiger partial charge < -0.3 is 0 Å². The number of hydrogen-bond donors (Lipinski definition) is 1. The van der Waals surface area contributed by atoms with Gasteiger partial charge in [0, 0.05) is 26.2 Å². The van der Waals surface area contributed by atoms with E-state index in [0.29, 0.717) is 19.3 Å². The Bertz CT molecular complexity index is 601. The van der Waals surface area contributed by atoms with E-state index in [1.165, 1.54) is 4.90 Å². The second kappa shape index (κ2) is 4.98. The lowest BCUT2D eigenvalue weighted by molar-refractivity contribution is -0.151. The summed E-state index contributed by atoms with van der Waals surface area (Å²) in [6, 6.07) is 1.24. The van der Waals surface area contributed by atoms with E-state index >= 15 is 0 Å². The van der Waals surface area contributed by atoms with Crippen molar-refractivity contribution in [1.82, 2.24) is 20.0 Å². The number of carbonyl (C=O) groups is 3. The molecule has 112 valence electrons. The van der Waals surface area contributed by atoms with Crippen LogP contribution in [0.2, 0.25) is 0 Å². The number of rotatable bonds is 3. The third-order valence-corrected chi connectivity index (χ3v) is 4.37. The van der Waals surface area contributed by atoms with Crippen molar-refractivity contribution < 1.29 is 14.4 Å². The first kappa shape index (κ1) is 13.8. The molecule has 0 bridgehead atoms. The second-order valence-corrected chi connectivity index (χ2v) is 5.74. The van der Waals surface area contributed by atoms with Gasteiger partial charge in [0.25, 0.3) is 0 Å². The number of nitrogens with zero attached hydrogens (tertiary/aromatic N) is 3. The summed E-state index contributed by atoms with van der Waals surface area (Å²) in [6.07, 6.45) is 5.07. The number of nitrogens with one attached hydrogen (secondary N) is 1. The minimum absolute atomic E-state index is 0.247. The Morgan fingerprint density at radius 1 is 1.29 bits per heavy atom. The van der Waals surface area contributed by atoms with Crippen LogP contribution in [-0.2, 0) is 23.1 Å². The third kappa shape index (κ3) is 2.22. The van der Waals surface area contributed by atoms with Gasteiger partial charge in [0.15, 0.2) is 0 Å². The lowest BCUT2D eigenvalue weighted by atomic mass is 9.82. The molecule has 1 saturated carbocycles. The van der Waals surface area contributed by atoms with E-state index in [-0.39, 0.29) is 12.5 Å². The molecule has 2 heterocycles. The molecule has 2 fully saturated rings. The highest BCUT2D eigenvalue weighted by Crippen LogP contribution is 2.41. The van der Waals surface area contributed by atoms with Gasteiger partial charge in [0.05, 0.1) is 5.69 Å². The van der Waals surface area contributed by atoms with E-state index < -0.39 is 17.4 Å². The molecular formula is C14H18N4O3. The zero-order valence-corrected chi connectivity index (χ0v) is 12.0. The van der Waals surface area contributed by atoms with E-state index in [0.717, 1.165) is 18.5 Å². The van der Waals surface area contributed by atoms with Crippen LogP contribution in [0.1, 0.15) is 31.4 Å². The minimum atomic E-state index is -1.02. The van der Waals surface area contributed by atoms with Crippen LogP contribution >= 0.6 is 0 Å². The molecule has 1 saturated heterocycles. The first-order valence-electron chi connectivity index (χ1n) is 7.19. The van der Waals surface area contributed by atoms with Crippen molar-refractivity contribution in [3.8, 4) is 0 Å². The van der Waals surface area contributed by atoms with Crippen molar-refractivity contribution >= 4 is 17.8 Å². The zero-order chi connectivity index (χ0) is 15.0. The van der Waals surface area contributed by atoms with Crippen LogP contribution in [0, 0.1) is 5.41 Å². The first-order valence-corrected chi connectivity index (χ1v) is 7.19. The molecule has 1 spiro atoms. The minimum Gasteiger partial charge on any atom is -0.277 e. The summed E-state index contributed by atoms with van der Waals surface area (Å²) >= 11 is 0. The molecule has 4 amide bonds. The fourth-order valence-corrected chi connectivity index (χ4v) is 3.18. The van der Waals surface area contributed by atoms with E-state index in [4.69, 9.17) is 0 Å². The Morgan fingerprint density at radius 3 is 2.62 bits per heavy atom. The molecule has 0 radical (unpaired) electrons. The number of hydrogen-bond acceptors (Lipinski definition) is 4. The molecule has 1 aliphatic heterocycles. The monoisotopic (exact) mass is 290 g/mol. The summed E-state index contributed by atoms with van der Waals surface area (Å²) < 4.78 is 1.68. The summed E-state index contributed by atoms with van der Waals surface area (Å²) in [5.41, 5.74) is -0.201. The highest BCUT2D eigenvalue weighted by atomic mass is 16.2. The second-order valence-electron chi connectivity index (χ2n) is 5.74. The number of aromatic nitrogens is 2. The Kier molecular flexibility index (Phi) is 3.27. The van der Waals surface area contributed by atoms with Crippen LogP contribution in [0.5, 0.6) is 0 Å². The Hall–Kier alpha value is -2.18. The van der Waals surface area contributed by atoms with Crippen LogP contribution in [0.3, 0.4) is 0 Å². The fourth-order valence-electron chi connectivity index (χ4n) is 3.18. The largest absolute Gasteiger partial charge is 0.330 e. The molecule has 1 aliphatic carbocycles. The standard InChI is InChI=1S/C14H18N4O3/c1-17-8-4-10(16-17)5-9-18-12(20)14(6-2-3-7-14)11(19)15-13(18)21/h4,8H,2-3,5-7,9H2,1H3,(H,15,19,21). The molecule has 7 heteroatoms. The average molecular weight is 290 g/mol. The number of amides is 4. The first-order chi connectivity index (χ1) is 10.0. The predicted octanol–water partition coefficient (Wildman–Crippen LogP) is 0.601. The van der Waals surface area contributed by atoms with Crippen molar-refractivity contribution in [2.24, 2.45) is 12.5 Å². The summed E-state index contributed by atoms with van der Waals surface area (Å²) in [4.78, 5) is 37.8. The highest BCUT2D eigenvalue weighted by Gasteiger charge is 2.54.